The van der Waals surface area contributed by atoms with Crippen LogP contribution < -0.4 is 0 Å². The first-order chi connectivity index (χ1) is 9.75. The van der Waals surface area contributed by atoms with Gasteiger partial charge < -0.3 is 4.90 Å². The fraction of sp³-hybridized carbons (Fsp3) is 0.118. The lowest BCUT2D eigenvalue weighted by atomic mass is 10.2. The maximum atomic E-state index is 12.0. The summed E-state index contributed by atoms with van der Waals surface area (Å²) in [6.07, 6.45) is 1.61. The van der Waals surface area contributed by atoms with E-state index in [-0.39, 0.29) is 5.91 Å². The molecule has 0 heterocycles. The minimum absolute atomic E-state index is 0.0114. The quantitative estimate of drug-likeness (QED) is 0.611. The first-order valence-electron chi connectivity index (χ1n) is 6.43. The molecule has 0 saturated carbocycles. The van der Waals surface area contributed by atoms with Crippen LogP contribution in [-0.2, 0) is 11.3 Å². The Balaban J connectivity index is 1.85. The topological polar surface area (TPSA) is 20.3 Å². The number of amides is 1. The molecular weight excluding hydrogens is 266 g/mol. The van der Waals surface area contributed by atoms with E-state index in [4.69, 9.17) is 0 Å². The highest BCUT2D eigenvalue weighted by atomic mass is 32.2. The Kier molecular flexibility index (Phi) is 5.44. The summed E-state index contributed by atoms with van der Waals surface area (Å²) in [6.45, 7) is 0.625. The molecule has 0 N–H and O–H groups in total. The van der Waals surface area contributed by atoms with E-state index in [2.05, 4.69) is 0 Å². The molecule has 0 radical (unpaired) electrons. The largest absolute Gasteiger partial charge is 0.338 e. The number of hydrogen-bond acceptors (Lipinski definition) is 2. The first kappa shape index (κ1) is 14.4. The molecule has 0 spiro atoms. The van der Waals surface area contributed by atoms with Crippen molar-refractivity contribution in [2.75, 3.05) is 7.05 Å². The summed E-state index contributed by atoms with van der Waals surface area (Å²) in [5.74, 6) is 0.0114. The molecule has 20 heavy (non-hydrogen) atoms. The molecule has 0 unspecified atom stereocenters. The lowest BCUT2D eigenvalue weighted by molar-refractivity contribution is -0.125. The van der Waals surface area contributed by atoms with Crippen LogP contribution in [0.4, 0.5) is 0 Å². The molecule has 0 fully saturated rings. The van der Waals surface area contributed by atoms with Crippen molar-refractivity contribution in [1.82, 2.24) is 4.90 Å². The van der Waals surface area contributed by atoms with E-state index in [1.54, 1.807) is 22.7 Å². The molecule has 2 rings (SSSR count). The van der Waals surface area contributed by atoms with Crippen molar-refractivity contribution in [3.8, 4) is 0 Å². The Morgan fingerprint density at radius 3 is 2.30 bits per heavy atom. The fourth-order valence-electron chi connectivity index (χ4n) is 1.73. The van der Waals surface area contributed by atoms with E-state index in [9.17, 15) is 4.79 Å². The predicted octanol–water partition coefficient (Wildman–Crippen LogP) is 3.95. The first-order valence-corrected chi connectivity index (χ1v) is 7.31. The molecule has 2 aromatic carbocycles. The molecule has 0 aromatic heterocycles. The molecule has 2 aromatic rings. The van der Waals surface area contributed by atoms with Gasteiger partial charge in [0, 0.05) is 24.6 Å². The highest BCUT2D eigenvalue weighted by Gasteiger charge is 2.04. The maximum Gasteiger partial charge on any atom is 0.247 e. The minimum Gasteiger partial charge on any atom is -0.338 e. The molecule has 0 aliphatic heterocycles. The maximum absolute atomic E-state index is 12.0. The van der Waals surface area contributed by atoms with E-state index in [1.807, 2.05) is 73.1 Å². The number of carbonyl (C=O) groups excluding carboxylic acids is 1. The van der Waals surface area contributed by atoms with E-state index in [1.165, 1.54) is 0 Å². The predicted molar refractivity (Wildman–Crippen MR) is 84.4 cm³/mol. The average molecular weight is 283 g/mol. The van der Waals surface area contributed by atoms with Gasteiger partial charge >= 0.3 is 0 Å². The zero-order valence-corrected chi connectivity index (χ0v) is 12.2. The van der Waals surface area contributed by atoms with Crippen LogP contribution in [0.25, 0.3) is 0 Å². The van der Waals surface area contributed by atoms with Crippen molar-refractivity contribution in [3.63, 3.8) is 0 Å². The van der Waals surface area contributed by atoms with Gasteiger partial charge in [-0.2, -0.15) is 0 Å². The number of rotatable bonds is 5. The van der Waals surface area contributed by atoms with Crippen LogP contribution in [0.1, 0.15) is 5.56 Å². The van der Waals surface area contributed by atoms with Gasteiger partial charge in [-0.1, -0.05) is 60.3 Å². The molecule has 1 amide bonds. The summed E-state index contributed by atoms with van der Waals surface area (Å²) in [4.78, 5) is 14.8. The Morgan fingerprint density at radius 1 is 1.05 bits per heavy atom. The second-order valence-corrected chi connectivity index (χ2v) is 5.39. The van der Waals surface area contributed by atoms with Crippen LogP contribution in [0, 0.1) is 0 Å². The number of thioether (sulfide) groups is 1. The Bertz CT molecular complexity index is 566. The average Bonchev–Trinajstić information content (AvgIpc) is 2.49. The van der Waals surface area contributed by atoms with Crippen molar-refractivity contribution in [2.24, 2.45) is 0 Å². The summed E-state index contributed by atoms with van der Waals surface area (Å²) in [5, 5.41) is 1.83. The lowest BCUT2D eigenvalue weighted by Gasteiger charge is -2.14. The third kappa shape index (κ3) is 4.59. The van der Waals surface area contributed by atoms with Gasteiger partial charge in [-0.3, -0.25) is 4.79 Å². The molecule has 0 saturated heterocycles. The van der Waals surface area contributed by atoms with E-state index in [0.29, 0.717) is 6.54 Å². The Morgan fingerprint density at radius 2 is 1.65 bits per heavy atom. The van der Waals surface area contributed by atoms with Gasteiger partial charge in [-0.15, -0.1) is 0 Å². The van der Waals surface area contributed by atoms with Gasteiger partial charge in [-0.25, -0.2) is 0 Å². The summed E-state index contributed by atoms with van der Waals surface area (Å²) in [7, 11) is 1.81. The number of carbonyl (C=O) groups is 1. The zero-order valence-electron chi connectivity index (χ0n) is 11.4. The highest BCUT2D eigenvalue weighted by molar-refractivity contribution is 8.02. The lowest BCUT2D eigenvalue weighted by Crippen LogP contribution is -2.23. The van der Waals surface area contributed by atoms with Crippen molar-refractivity contribution in [2.45, 2.75) is 11.4 Å². The summed E-state index contributed by atoms with van der Waals surface area (Å²) < 4.78 is 0. The smallest absolute Gasteiger partial charge is 0.247 e. The molecule has 2 nitrogen and oxygen atoms in total. The standard InChI is InChI=1S/C17H17NOS/c1-18(14-15-8-4-2-5-9-15)17(19)12-13-20-16-10-6-3-7-11-16/h2-13H,14H2,1H3/b13-12-. The van der Waals surface area contributed by atoms with Crippen molar-refractivity contribution in [1.29, 1.82) is 0 Å². The van der Waals surface area contributed by atoms with Crippen LogP contribution in [0.3, 0.4) is 0 Å². The van der Waals surface area contributed by atoms with E-state index >= 15 is 0 Å². The van der Waals surface area contributed by atoms with Crippen molar-refractivity contribution < 1.29 is 4.79 Å². The number of likely N-dealkylation sites (N-methyl/N-ethyl adjacent to an activating group) is 1. The van der Waals surface area contributed by atoms with Gasteiger partial charge in [0.1, 0.15) is 0 Å². The van der Waals surface area contributed by atoms with Crippen LogP contribution in [0.15, 0.2) is 77.0 Å². The zero-order chi connectivity index (χ0) is 14.2. The normalized spacial score (nSPS) is 10.7. The second-order valence-electron chi connectivity index (χ2n) is 4.41. The van der Waals surface area contributed by atoms with Crippen molar-refractivity contribution >= 4 is 17.7 Å². The van der Waals surface area contributed by atoms with Crippen LogP contribution in [0.5, 0.6) is 0 Å². The highest BCUT2D eigenvalue weighted by Crippen LogP contribution is 2.18. The van der Waals surface area contributed by atoms with Crippen molar-refractivity contribution in [3.05, 3.63) is 77.7 Å². The number of nitrogens with zero attached hydrogens (tertiary/aromatic N) is 1. The van der Waals surface area contributed by atoms with E-state index in [0.717, 1.165) is 10.5 Å². The SMILES string of the molecule is CN(Cc1ccccc1)C(=O)/C=C\Sc1ccccc1. The van der Waals surface area contributed by atoms with Gasteiger partial charge in [0.25, 0.3) is 0 Å². The fourth-order valence-corrected chi connectivity index (χ4v) is 2.39. The Labute approximate surface area is 124 Å². The molecule has 0 atom stereocenters. The number of benzene rings is 2. The number of hydrogen-bond donors (Lipinski definition) is 0. The molecule has 0 bridgehead atoms. The van der Waals surface area contributed by atoms with Crippen LogP contribution in [0.2, 0.25) is 0 Å². The summed E-state index contributed by atoms with van der Waals surface area (Å²) in [6, 6.07) is 20.0. The molecule has 0 aliphatic rings. The molecule has 3 heteroatoms. The van der Waals surface area contributed by atoms with Crippen LogP contribution >= 0.6 is 11.8 Å². The Hall–Kier alpha value is -2.00. The van der Waals surface area contributed by atoms with Gasteiger partial charge in [0.05, 0.1) is 0 Å². The van der Waals surface area contributed by atoms with E-state index < -0.39 is 0 Å². The molecule has 0 aliphatic carbocycles. The minimum atomic E-state index is 0.0114. The van der Waals surface area contributed by atoms with Gasteiger partial charge in [0.15, 0.2) is 0 Å². The van der Waals surface area contributed by atoms with Crippen LogP contribution in [-0.4, -0.2) is 17.9 Å². The monoisotopic (exact) mass is 283 g/mol. The third-order valence-electron chi connectivity index (χ3n) is 2.80. The second kappa shape index (κ2) is 7.56. The summed E-state index contributed by atoms with van der Waals surface area (Å²) in [5.41, 5.74) is 1.13. The molecular formula is C17H17NOS. The third-order valence-corrected chi connectivity index (χ3v) is 3.61. The van der Waals surface area contributed by atoms with Gasteiger partial charge in [0.2, 0.25) is 5.91 Å². The molecule has 102 valence electrons. The van der Waals surface area contributed by atoms with Gasteiger partial charge in [-0.05, 0) is 23.1 Å². The summed E-state index contributed by atoms with van der Waals surface area (Å²) >= 11 is 1.54.